The van der Waals surface area contributed by atoms with E-state index in [1.54, 1.807) is 6.20 Å². The van der Waals surface area contributed by atoms with Gasteiger partial charge in [0.2, 0.25) is 5.91 Å². The summed E-state index contributed by atoms with van der Waals surface area (Å²) in [5, 5.41) is 6.83. The van der Waals surface area contributed by atoms with Crippen LogP contribution in [0.3, 0.4) is 0 Å². The molecule has 25 heavy (non-hydrogen) atoms. The SMILES string of the molecule is CC1(C)CC(NC(=O)CCc2nc3ncc(Br)cc3[nH]2)CC(C)(C)N1. The number of fused-ring (bicyclic) bond motifs is 1. The minimum atomic E-state index is 0.0253. The lowest BCUT2D eigenvalue weighted by atomic mass is 9.79. The molecule has 136 valence electrons. The number of rotatable bonds is 4. The van der Waals surface area contributed by atoms with Crippen LogP contribution in [0.4, 0.5) is 0 Å². The zero-order valence-corrected chi connectivity index (χ0v) is 16.8. The van der Waals surface area contributed by atoms with Gasteiger partial charge in [-0.1, -0.05) is 0 Å². The third kappa shape index (κ3) is 4.79. The van der Waals surface area contributed by atoms with Crippen molar-refractivity contribution in [2.45, 2.75) is 70.5 Å². The summed E-state index contributed by atoms with van der Waals surface area (Å²) in [6.07, 6.45) is 4.60. The first kappa shape index (κ1) is 18.3. The van der Waals surface area contributed by atoms with Crippen molar-refractivity contribution in [1.29, 1.82) is 0 Å². The molecule has 1 aliphatic heterocycles. The number of aryl methyl sites for hydroxylation is 1. The van der Waals surface area contributed by atoms with Gasteiger partial charge in [0, 0.05) is 40.6 Å². The molecular weight excluding hydrogens is 382 g/mol. The number of piperidine rings is 1. The fourth-order valence-corrected chi connectivity index (χ4v) is 4.33. The molecule has 7 heteroatoms. The lowest BCUT2D eigenvalue weighted by Gasteiger charge is -2.46. The highest BCUT2D eigenvalue weighted by molar-refractivity contribution is 9.10. The van der Waals surface area contributed by atoms with Crippen LogP contribution in [0.15, 0.2) is 16.7 Å². The number of hydrogen-bond acceptors (Lipinski definition) is 4. The average Bonchev–Trinajstić information content (AvgIpc) is 2.83. The molecule has 2 aromatic heterocycles. The quantitative estimate of drug-likeness (QED) is 0.726. The monoisotopic (exact) mass is 407 g/mol. The molecule has 1 fully saturated rings. The van der Waals surface area contributed by atoms with Gasteiger partial charge in [-0.25, -0.2) is 9.97 Å². The van der Waals surface area contributed by atoms with Crippen LogP contribution in [0.25, 0.3) is 11.2 Å². The number of carbonyl (C=O) groups excluding carboxylic acids is 1. The van der Waals surface area contributed by atoms with E-state index in [1.165, 1.54) is 0 Å². The van der Waals surface area contributed by atoms with E-state index in [9.17, 15) is 4.79 Å². The number of pyridine rings is 1. The Bertz CT molecular complexity index is 767. The number of nitrogens with zero attached hydrogens (tertiary/aromatic N) is 2. The van der Waals surface area contributed by atoms with Crippen molar-refractivity contribution in [2.75, 3.05) is 0 Å². The highest BCUT2D eigenvalue weighted by Gasteiger charge is 2.38. The number of H-pyrrole nitrogens is 1. The molecule has 0 atom stereocenters. The molecule has 0 radical (unpaired) electrons. The van der Waals surface area contributed by atoms with Crippen LogP contribution >= 0.6 is 15.9 Å². The Morgan fingerprint density at radius 2 is 2.00 bits per heavy atom. The van der Waals surface area contributed by atoms with Crippen LogP contribution < -0.4 is 10.6 Å². The molecule has 0 saturated carbocycles. The van der Waals surface area contributed by atoms with Gasteiger partial charge in [0.25, 0.3) is 0 Å². The number of aromatic nitrogens is 3. The standard InChI is InChI=1S/C18H26BrN5O/c1-17(2)8-12(9-18(3,4)24-17)21-15(25)6-5-14-22-13-7-11(19)10-20-16(13)23-14/h7,10,12,24H,5-6,8-9H2,1-4H3,(H,21,25)(H,20,22,23). The Hall–Kier alpha value is -1.47. The third-order valence-electron chi connectivity index (χ3n) is 4.50. The Morgan fingerprint density at radius 1 is 1.32 bits per heavy atom. The van der Waals surface area contributed by atoms with E-state index in [0.29, 0.717) is 18.5 Å². The van der Waals surface area contributed by atoms with Crippen molar-refractivity contribution < 1.29 is 4.79 Å². The normalized spacial score (nSPS) is 19.9. The number of amides is 1. The molecule has 1 aliphatic rings. The van der Waals surface area contributed by atoms with Crippen molar-refractivity contribution >= 4 is 33.0 Å². The maximum atomic E-state index is 12.4. The second kappa shape index (κ2) is 6.68. The topological polar surface area (TPSA) is 82.7 Å². The van der Waals surface area contributed by atoms with Gasteiger partial charge in [-0.15, -0.1) is 0 Å². The van der Waals surface area contributed by atoms with Crippen molar-refractivity contribution in [3.8, 4) is 0 Å². The summed E-state index contributed by atoms with van der Waals surface area (Å²) < 4.78 is 0.907. The largest absolute Gasteiger partial charge is 0.353 e. The first-order chi connectivity index (χ1) is 11.6. The zero-order valence-electron chi connectivity index (χ0n) is 15.2. The van der Waals surface area contributed by atoms with Gasteiger partial charge in [-0.05, 0) is 62.5 Å². The number of imidazole rings is 1. The van der Waals surface area contributed by atoms with Crippen molar-refractivity contribution in [3.63, 3.8) is 0 Å². The molecule has 3 rings (SSSR count). The minimum Gasteiger partial charge on any atom is -0.353 e. The molecule has 1 amide bonds. The zero-order chi connectivity index (χ0) is 18.2. The molecule has 6 nitrogen and oxygen atoms in total. The Labute approximate surface area is 156 Å². The van der Waals surface area contributed by atoms with E-state index in [0.717, 1.165) is 28.7 Å². The Morgan fingerprint density at radius 3 is 2.68 bits per heavy atom. The second-order valence-corrected chi connectivity index (χ2v) is 9.19. The van der Waals surface area contributed by atoms with Gasteiger partial charge in [-0.3, -0.25) is 4.79 Å². The number of aromatic amines is 1. The number of carbonyl (C=O) groups is 1. The maximum absolute atomic E-state index is 12.4. The second-order valence-electron chi connectivity index (χ2n) is 8.27. The van der Waals surface area contributed by atoms with E-state index in [-0.39, 0.29) is 23.0 Å². The molecular formula is C18H26BrN5O. The van der Waals surface area contributed by atoms with Crippen molar-refractivity contribution in [1.82, 2.24) is 25.6 Å². The number of hydrogen-bond donors (Lipinski definition) is 3. The highest BCUT2D eigenvalue weighted by Crippen LogP contribution is 2.28. The molecule has 0 aliphatic carbocycles. The van der Waals surface area contributed by atoms with E-state index in [2.05, 4.69) is 69.2 Å². The highest BCUT2D eigenvalue weighted by atomic mass is 79.9. The molecule has 1 saturated heterocycles. The average molecular weight is 408 g/mol. The predicted octanol–water partition coefficient (Wildman–Crippen LogP) is 3.08. The van der Waals surface area contributed by atoms with Crippen LogP contribution in [0.1, 0.15) is 52.8 Å². The Kier molecular flexibility index (Phi) is 4.90. The molecule has 2 aromatic rings. The van der Waals surface area contributed by atoms with Crippen molar-refractivity contribution in [2.24, 2.45) is 0 Å². The summed E-state index contributed by atoms with van der Waals surface area (Å²) in [6, 6.07) is 2.14. The summed E-state index contributed by atoms with van der Waals surface area (Å²) in [5.41, 5.74) is 1.61. The molecule has 0 spiro atoms. The summed E-state index contributed by atoms with van der Waals surface area (Å²) in [5.74, 6) is 0.870. The maximum Gasteiger partial charge on any atom is 0.220 e. The van der Waals surface area contributed by atoms with Crippen LogP contribution in [0, 0.1) is 0 Å². The van der Waals surface area contributed by atoms with Gasteiger partial charge >= 0.3 is 0 Å². The van der Waals surface area contributed by atoms with Gasteiger partial charge in [0.05, 0.1) is 5.52 Å². The van der Waals surface area contributed by atoms with E-state index in [4.69, 9.17) is 0 Å². The first-order valence-electron chi connectivity index (χ1n) is 8.71. The number of halogens is 1. The van der Waals surface area contributed by atoms with E-state index >= 15 is 0 Å². The fraction of sp³-hybridized carbons (Fsp3) is 0.611. The fourth-order valence-electron chi connectivity index (χ4n) is 4.00. The summed E-state index contributed by atoms with van der Waals surface area (Å²) >= 11 is 3.40. The van der Waals surface area contributed by atoms with E-state index < -0.39 is 0 Å². The third-order valence-corrected chi connectivity index (χ3v) is 4.93. The summed E-state index contributed by atoms with van der Waals surface area (Å²) in [4.78, 5) is 24.3. The molecule has 0 aromatic carbocycles. The molecule has 3 N–H and O–H groups in total. The van der Waals surface area contributed by atoms with Crippen LogP contribution in [-0.4, -0.2) is 38.0 Å². The smallest absolute Gasteiger partial charge is 0.220 e. The van der Waals surface area contributed by atoms with Gasteiger partial charge in [0.1, 0.15) is 5.82 Å². The molecule has 3 heterocycles. The summed E-state index contributed by atoms with van der Waals surface area (Å²) in [6.45, 7) is 8.75. The molecule has 0 bridgehead atoms. The van der Waals surface area contributed by atoms with E-state index in [1.807, 2.05) is 6.07 Å². The summed E-state index contributed by atoms with van der Waals surface area (Å²) in [7, 11) is 0. The van der Waals surface area contributed by atoms with Gasteiger partial charge in [0.15, 0.2) is 5.65 Å². The lowest BCUT2D eigenvalue weighted by molar-refractivity contribution is -0.122. The predicted molar refractivity (Wildman–Crippen MR) is 102 cm³/mol. The van der Waals surface area contributed by atoms with Crippen LogP contribution in [-0.2, 0) is 11.2 Å². The first-order valence-corrected chi connectivity index (χ1v) is 9.50. The number of nitrogens with one attached hydrogen (secondary N) is 3. The van der Waals surface area contributed by atoms with Crippen LogP contribution in [0.2, 0.25) is 0 Å². The minimum absolute atomic E-state index is 0.0253. The van der Waals surface area contributed by atoms with Crippen molar-refractivity contribution in [3.05, 3.63) is 22.6 Å². The molecule has 0 unspecified atom stereocenters. The Balaban J connectivity index is 1.57. The van der Waals surface area contributed by atoms with Gasteiger partial charge in [-0.2, -0.15) is 0 Å². The lowest BCUT2D eigenvalue weighted by Crippen LogP contribution is -2.62. The van der Waals surface area contributed by atoms with Gasteiger partial charge < -0.3 is 15.6 Å². The van der Waals surface area contributed by atoms with Crippen LogP contribution in [0.5, 0.6) is 0 Å².